The Hall–Kier alpha value is -1.16. The molecule has 0 unspecified atom stereocenters. The largest absolute Gasteiger partial charge is 0.381 e. The van der Waals surface area contributed by atoms with Crippen LogP contribution in [0.2, 0.25) is 0 Å². The number of hydrogen-bond acceptors (Lipinski definition) is 3. The van der Waals surface area contributed by atoms with E-state index in [0.717, 1.165) is 13.2 Å². The van der Waals surface area contributed by atoms with Crippen molar-refractivity contribution in [1.82, 2.24) is 9.97 Å². The minimum atomic E-state index is -0.303. The first-order valence-corrected chi connectivity index (χ1v) is 3.97. The Labute approximate surface area is 70.6 Å². The number of H-pyrrole nitrogens is 1. The topological polar surface area (TPSA) is 55.0 Å². The van der Waals surface area contributed by atoms with Gasteiger partial charge in [-0.05, 0) is 18.9 Å². The molecule has 1 saturated heterocycles. The molecule has 0 aromatic carbocycles. The van der Waals surface area contributed by atoms with E-state index in [0.29, 0.717) is 0 Å². The van der Waals surface area contributed by atoms with Crippen molar-refractivity contribution in [2.45, 2.75) is 12.8 Å². The number of nitrogens with one attached hydrogen (secondary N) is 1. The fourth-order valence-corrected chi connectivity index (χ4v) is 0.821. The van der Waals surface area contributed by atoms with Crippen LogP contribution in [0.5, 0.6) is 0 Å². The summed E-state index contributed by atoms with van der Waals surface area (Å²) in [6.07, 6.45) is 5.54. The van der Waals surface area contributed by atoms with Crippen LogP contribution < -0.4 is 5.69 Å². The molecule has 0 amide bonds. The smallest absolute Gasteiger partial charge is 0.344 e. The molecular weight excluding hydrogens is 156 g/mol. The van der Waals surface area contributed by atoms with Gasteiger partial charge in [-0.1, -0.05) is 0 Å². The Morgan fingerprint density at radius 1 is 1.42 bits per heavy atom. The van der Waals surface area contributed by atoms with Crippen LogP contribution in [0.1, 0.15) is 12.8 Å². The third-order valence-corrected chi connectivity index (χ3v) is 1.41. The first kappa shape index (κ1) is 8.93. The highest BCUT2D eigenvalue weighted by Gasteiger charge is 1.94. The fraction of sp³-hybridized carbons (Fsp3) is 0.500. The van der Waals surface area contributed by atoms with Crippen LogP contribution in [-0.2, 0) is 4.74 Å². The predicted octanol–water partition coefficient (Wildman–Crippen LogP) is 0.567. The van der Waals surface area contributed by atoms with Crippen LogP contribution in [0.3, 0.4) is 0 Å². The quantitative estimate of drug-likeness (QED) is 0.616. The molecule has 1 aliphatic heterocycles. The average molecular weight is 168 g/mol. The Morgan fingerprint density at radius 2 is 2.17 bits per heavy atom. The zero-order valence-corrected chi connectivity index (χ0v) is 6.82. The summed E-state index contributed by atoms with van der Waals surface area (Å²) in [4.78, 5) is 15.8. The highest BCUT2D eigenvalue weighted by atomic mass is 16.5. The average Bonchev–Trinajstić information content (AvgIpc) is 2.62. The van der Waals surface area contributed by atoms with Gasteiger partial charge in [0, 0.05) is 25.6 Å². The molecule has 1 fully saturated rings. The van der Waals surface area contributed by atoms with Gasteiger partial charge in [0.15, 0.2) is 0 Å². The SMILES string of the molecule is C1CCOC1.O=c1nccc[nH]1. The van der Waals surface area contributed by atoms with E-state index >= 15 is 0 Å². The molecule has 4 nitrogen and oxygen atoms in total. The minimum Gasteiger partial charge on any atom is -0.381 e. The van der Waals surface area contributed by atoms with E-state index in [2.05, 4.69) is 9.97 Å². The molecule has 2 heterocycles. The number of rotatable bonds is 0. The summed E-state index contributed by atoms with van der Waals surface area (Å²) in [6, 6.07) is 1.65. The number of hydrogen-bond donors (Lipinski definition) is 1. The molecule has 4 heteroatoms. The first-order valence-electron chi connectivity index (χ1n) is 3.97. The van der Waals surface area contributed by atoms with Gasteiger partial charge in [0.1, 0.15) is 0 Å². The normalized spacial score (nSPS) is 15.0. The molecule has 0 radical (unpaired) electrons. The van der Waals surface area contributed by atoms with Crippen LogP contribution in [0.15, 0.2) is 23.3 Å². The Bertz CT molecular complexity index is 230. The van der Waals surface area contributed by atoms with E-state index in [1.807, 2.05) is 0 Å². The number of aromatic nitrogens is 2. The van der Waals surface area contributed by atoms with Gasteiger partial charge in [0.25, 0.3) is 0 Å². The maximum absolute atomic E-state index is 10.1. The second-order valence-electron chi connectivity index (χ2n) is 2.41. The highest BCUT2D eigenvalue weighted by Crippen LogP contribution is 1.98. The number of nitrogens with zero attached hydrogens (tertiary/aromatic N) is 1. The van der Waals surface area contributed by atoms with Gasteiger partial charge in [-0.15, -0.1) is 0 Å². The van der Waals surface area contributed by atoms with Gasteiger partial charge in [0.05, 0.1) is 0 Å². The van der Waals surface area contributed by atoms with Crippen molar-refractivity contribution in [3.05, 3.63) is 28.9 Å². The maximum atomic E-state index is 10.1. The van der Waals surface area contributed by atoms with E-state index in [1.54, 1.807) is 6.07 Å². The molecule has 1 aliphatic rings. The number of ether oxygens (including phenoxy) is 1. The Morgan fingerprint density at radius 3 is 2.42 bits per heavy atom. The first-order chi connectivity index (χ1) is 5.89. The third-order valence-electron chi connectivity index (χ3n) is 1.41. The lowest BCUT2D eigenvalue weighted by atomic mass is 10.4. The predicted molar refractivity (Wildman–Crippen MR) is 44.9 cm³/mol. The summed E-state index contributed by atoms with van der Waals surface area (Å²) in [5, 5.41) is 0. The molecule has 0 atom stereocenters. The summed E-state index contributed by atoms with van der Waals surface area (Å²) in [6.45, 7) is 2.00. The van der Waals surface area contributed by atoms with Crippen molar-refractivity contribution < 1.29 is 4.74 Å². The van der Waals surface area contributed by atoms with Gasteiger partial charge < -0.3 is 9.72 Å². The molecular formula is C8H12N2O2. The minimum absolute atomic E-state index is 0.303. The summed E-state index contributed by atoms with van der Waals surface area (Å²) >= 11 is 0. The molecule has 0 saturated carbocycles. The van der Waals surface area contributed by atoms with Gasteiger partial charge in [-0.3, -0.25) is 0 Å². The molecule has 0 spiro atoms. The van der Waals surface area contributed by atoms with Crippen LogP contribution in [0.25, 0.3) is 0 Å². The summed E-state index contributed by atoms with van der Waals surface area (Å²) in [5.74, 6) is 0. The Balaban J connectivity index is 0.000000127. The second-order valence-corrected chi connectivity index (χ2v) is 2.41. The Kier molecular flexibility index (Phi) is 4.08. The second kappa shape index (κ2) is 5.49. The van der Waals surface area contributed by atoms with Crippen LogP contribution in [0.4, 0.5) is 0 Å². The zero-order valence-electron chi connectivity index (χ0n) is 6.82. The van der Waals surface area contributed by atoms with E-state index < -0.39 is 0 Å². The standard InChI is InChI=1S/C4H4N2O.C4H8O/c7-4-5-2-1-3-6-4;1-2-4-5-3-1/h1-3H,(H,5,6,7);1-4H2. The molecule has 12 heavy (non-hydrogen) atoms. The summed E-state index contributed by atoms with van der Waals surface area (Å²) < 4.78 is 4.94. The lowest BCUT2D eigenvalue weighted by molar-refractivity contribution is 0.198. The van der Waals surface area contributed by atoms with E-state index in [-0.39, 0.29) is 5.69 Å². The zero-order chi connectivity index (χ0) is 8.65. The van der Waals surface area contributed by atoms with E-state index in [1.165, 1.54) is 25.2 Å². The van der Waals surface area contributed by atoms with Gasteiger partial charge in [-0.2, -0.15) is 0 Å². The molecule has 2 rings (SSSR count). The molecule has 1 aromatic rings. The van der Waals surface area contributed by atoms with Crippen molar-refractivity contribution in [3.63, 3.8) is 0 Å². The number of aromatic amines is 1. The van der Waals surface area contributed by atoms with Crippen molar-refractivity contribution in [3.8, 4) is 0 Å². The van der Waals surface area contributed by atoms with Crippen molar-refractivity contribution in [2.75, 3.05) is 13.2 Å². The monoisotopic (exact) mass is 168 g/mol. The van der Waals surface area contributed by atoms with Gasteiger partial charge >= 0.3 is 5.69 Å². The van der Waals surface area contributed by atoms with E-state index in [9.17, 15) is 4.79 Å². The highest BCUT2D eigenvalue weighted by molar-refractivity contribution is 4.75. The van der Waals surface area contributed by atoms with E-state index in [4.69, 9.17) is 4.74 Å². The molecule has 0 bridgehead atoms. The van der Waals surface area contributed by atoms with Crippen molar-refractivity contribution >= 4 is 0 Å². The van der Waals surface area contributed by atoms with Crippen LogP contribution in [0, 0.1) is 0 Å². The fourth-order valence-electron chi connectivity index (χ4n) is 0.821. The summed E-state index contributed by atoms with van der Waals surface area (Å²) in [5.41, 5.74) is -0.303. The van der Waals surface area contributed by atoms with Gasteiger partial charge in [0.2, 0.25) is 0 Å². The molecule has 1 aromatic heterocycles. The molecule has 1 N–H and O–H groups in total. The maximum Gasteiger partial charge on any atom is 0.344 e. The third kappa shape index (κ3) is 3.88. The summed E-state index contributed by atoms with van der Waals surface area (Å²) in [7, 11) is 0. The lowest BCUT2D eigenvalue weighted by Gasteiger charge is -1.76. The van der Waals surface area contributed by atoms with Crippen molar-refractivity contribution in [2.24, 2.45) is 0 Å². The molecule has 0 aliphatic carbocycles. The van der Waals surface area contributed by atoms with Gasteiger partial charge in [-0.25, -0.2) is 9.78 Å². The molecule has 66 valence electrons. The van der Waals surface area contributed by atoms with Crippen molar-refractivity contribution in [1.29, 1.82) is 0 Å². The lowest BCUT2D eigenvalue weighted by Crippen LogP contribution is -2.05. The van der Waals surface area contributed by atoms with Crippen LogP contribution in [-0.4, -0.2) is 23.2 Å². The van der Waals surface area contributed by atoms with Crippen LogP contribution >= 0.6 is 0 Å².